The fourth-order valence-electron chi connectivity index (χ4n) is 3.58. The number of carbonyl (C=O) groups excluding carboxylic acids is 1. The van der Waals surface area contributed by atoms with E-state index in [-0.39, 0.29) is 11.5 Å². The van der Waals surface area contributed by atoms with Crippen molar-refractivity contribution in [3.8, 4) is 0 Å². The molecule has 1 aromatic rings. The predicted octanol–water partition coefficient (Wildman–Crippen LogP) is -0.0641. The molecule has 0 bridgehead atoms. The zero-order valence-corrected chi connectivity index (χ0v) is 15.6. The smallest absolute Gasteiger partial charge is 0.285 e. The molecule has 0 radical (unpaired) electrons. The monoisotopic (exact) mass is 368 g/mol. The van der Waals surface area contributed by atoms with Crippen LogP contribution in [0.4, 0.5) is 0 Å². The molecule has 138 valence electrons. The number of aromatic nitrogens is 2. The first-order valence-corrected chi connectivity index (χ1v) is 10.3. The molecule has 1 N–H and O–H groups in total. The molecule has 1 fully saturated rings. The van der Waals surface area contributed by atoms with Crippen LogP contribution < -0.4 is 10.9 Å². The van der Waals surface area contributed by atoms with Crippen molar-refractivity contribution in [3.05, 3.63) is 27.9 Å². The van der Waals surface area contributed by atoms with Gasteiger partial charge in [-0.2, -0.15) is 4.98 Å². The lowest BCUT2D eigenvalue weighted by atomic mass is 9.85. The Morgan fingerprint density at radius 1 is 1.36 bits per heavy atom. The van der Waals surface area contributed by atoms with Gasteiger partial charge in [-0.1, -0.05) is 13.8 Å². The van der Waals surface area contributed by atoms with Crippen molar-refractivity contribution >= 4 is 15.9 Å². The van der Waals surface area contributed by atoms with Crippen LogP contribution in [-0.2, 0) is 22.0 Å². The first-order chi connectivity index (χ1) is 11.6. The molecule has 1 saturated heterocycles. The predicted molar refractivity (Wildman–Crippen MR) is 93.0 cm³/mol. The third-order valence-electron chi connectivity index (χ3n) is 5.00. The largest absolute Gasteiger partial charge is 0.352 e. The highest BCUT2D eigenvalue weighted by atomic mass is 32.2. The maximum absolute atomic E-state index is 12.4. The van der Waals surface area contributed by atoms with Gasteiger partial charge >= 0.3 is 0 Å². The van der Waals surface area contributed by atoms with Crippen molar-refractivity contribution in [2.24, 2.45) is 5.92 Å². The molecule has 2 aliphatic rings. The fraction of sp³-hybridized carbons (Fsp3) is 0.688. The summed E-state index contributed by atoms with van der Waals surface area (Å²) in [5, 5.41) is 2.74. The minimum atomic E-state index is -3.26. The Hall–Kier alpha value is -1.74. The minimum Gasteiger partial charge on any atom is -0.352 e. The maximum Gasteiger partial charge on any atom is 0.285 e. The van der Waals surface area contributed by atoms with Gasteiger partial charge in [0.1, 0.15) is 11.4 Å². The average molecular weight is 368 g/mol. The van der Waals surface area contributed by atoms with Gasteiger partial charge in [0.05, 0.1) is 6.26 Å². The standard InChI is InChI=1S/C16H24N4O4S/c1-11(2)8-17-13(21)12-9-19-6-4-16(15(19)18-14(12)22)5-7-20(10-16)25(3,23)24/h9,11H,4-8,10H2,1-3H3,(H,17,21). The Morgan fingerprint density at radius 2 is 2.04 bits per heavy atom. The molecule has 3 heterocycles. The molecule has 9 heteroatoms. The summed E-state index contributed by atoms with van der Waals surface area (Å²) in [5.41, 5.74) is -0.930. The topological polar surface area (TPSA) is 101 Å². The van der Waals surface area contributed by atoms with Crippen LogP contribution in [-0.4, -0.2) is 54.1 Å². The summed E-state index contributed by atoms with van der Waals surface area (Å²) in [6.45, 7) is 5.86. The Balaban J connectivity index is 1.89. The highest BCUT2D eigenvalue weighted by Crippen LogP contribution is 2.41. The van der Waals surface area contributed by atoms with Gasteiger partial charge in [0.2, 0.25) is 10.0 Å². The SMILES string of the molecule is CC(C)CNC(=O)c1cn2c(nc1=O)C1(CCN(S(C)(=O)=O)C1)CC2. The molecule has 25 heavy (non-hydrogen) atoms. The second-order valence-corrected chi connectivity index (χ2v) is 9.44. The number of nitrogens with one attached hydrogen (secondary N) is 1. The van der Waals surface area contributed by atoms with Gasteiger partial charge in [0.15, 0.2) is 0 Å². The molecule has 1 unspecified atom stereocenters. The van der Waals surface area contributed by atoms with Crippen LogP contribution in [0, 0.1) is 5.92 Å². The maximum atomic E-state index is 12.4. The van der Waals surface area contributed by atoms with Gasteiger partial charge in [-0.3, -0.25) is 9.59 Å². The van der Waals surface area contributed by atoms with Gasteiger partial charge in [0.25, 0.3) is 11.5 Å². The first kappa shape index (κ1) is 18.1. The molecule has 0 aromatic carbocycles. The molecule has 1 amide bonds. The van der Waals surface area contributed by atoms with Crippen LogP contribution >= 0.6 is 0 Å². The lowest BCUT2D eigenvalue weighted by Crippen LogP contribution is -2.37. The number of carbonyl (C=O) groups is 1. The first-order valence-electron chi connectivity index (χ1n) is 8.48. The molecule has 1 atom stereocenters. The number of amides is 1. The second kappa shape index (κ2) is 6.21. The number of nitrogens with zero attached hydrogens (tertiary/aromatic N) is 3. The van der Waals surface area contributed by atoms with Crippen molar-refractivity contribution in [1.29, 1.82) is 0 Å². The van der Waals surface area contributed by atoms with Crippen LogP contribution in [0.25, 0.3) is 0 Å². The molecule has 3 rings (SSSR count). The third-order valence-corrected chi connectivity index (χ3v) is 6.25. The number of aryl methyl sites for hydroxylation is 1. The van der Waals surface area contributed by atoms with Crippen molar-refractivity contribution < 1.29 is 13.2 Å². The van der Waals surface area contributed by atoms with Gasteiger partial charge in [0, 0.05) is 37.8 Å². The van der Waals surface area contributed by atoms with E-state index in [4.69, 9.17) is 0 Å². The van der Waals surface area contributed by atoms with Crippen LogP contribution in [0.5, 0.6) is 0 Å². The molecular formula is C16H24N4O4S. The number of sulfonamides is 1. The summed E-state index contributed by atoms with van der Waals surface area (Å²) >= 11 is 0. The summed E-state index contributed by atoms with van der Waals surface area (Å²) in [6, 6.07) is 0. The summed E-state index contributed by atoms with van der Waals surface area (Å²) in [6.07, 6.45) is 4.13. The van der Waals surface area contributed by atoms with E-state index < -0.39 is 26.9 Å². The summed E-state index contributed by atoms with van der Waals surface area (Å²) in [7, 11) is -3.26. The van der Waals surface area contributed by atoms with Crippen molar-refractivity contribution in [2.75, 3.05) is 25.9 Å². The lowest BCUT2D eigenvalue weighted by molar-refractivity contribution is 0.0946. The van der Waals surface area contributed by atoms with Gasteiger partial charge in [-0.25, -0.2) is 12.7 Å². The van der Waals surface area contributed by atoms with Gasteiger partial charge in [-0.15, -0.1) is 0 Å². The van der Waals surface area contributed by atoms with E-state index in [0.29, 0.717) is 38.4 Å². The molecular weight excluding hydrogens is 344 g/mol. The summed E-state index contributed by atoms with van der Waals surface area (Å²) < 4.78 is 26.9. The van der Waals surface area contributed by atoms with Gasteiger partial charge < -0.3 is 9.88 Å². The number of hydrogen-bond donors (Lipinski definition) is 1. The zero-order valence-electron chi connectivity index (χ0n) is 14.8. The minimum absolute atomic E-state index is 0.0411. The number of hydrogen-bond acceptors (Lipinski definition) is 5. The van der Waals surface area contributed by atoms with E-state index >= 15 is 0 Å². The van der Waals surface area contributed by atoms with Crippen LogP contribution in [0.2, 0.25) is 0 Å². The van der Waals surface area contributed by atoms with E-state index in [1.807, 2.05) is 18.4 Å². The molecule has 1 aromatic heterocycles. The van der Waals surface area contributed by atoms with E-state index in [1.165, 1.54) is 10.6 Å². The number of rotatable bonds is 4. The van der Waals surface area contributed by atoms with E-state index in [9.17, 15) is 18.0 Å². The van der Waals surface area contributed by atoms with E-state index in [1.54, 1.807) is 6.20 Å². The molecule has 0 aliphatic carbocycles. The van der Waals surface area contributed by atoms with E-state index in [2.05, 4.69) is 10.3 Å². The second-order valence-electron chi connectivity index (χ2n) is 7.46. The normalized spacial score (nSPS) is 23.4. The van der Waals surface area contributed by atoms with Crippen LogP contribution in [0.1, 0.15) is 42.9 Å². The zero-order chi connectivity index (χ0) is 18.4. The Morgan fingerprint density at radius 3 is 2.64 bits per heavy atom. The highest BCUT2D eigenvalue weighted by molar-refractivity contribution is 7.88. The molecule has 0 saturated carbocycles. The highest BCUT2D eigenvalue weighted by Gasteiger charge is 2.48. The van der Waals surface area contributed by atoms with Crippen LogP contribution in [0.15, 0.2) is 11.0 Å². The fourth-order valence-corrected chi connectivity index (χ4v) is 4.49. The Bertz CT molecular complexity index is 861. The van der Waals surface area contributed by atoms with Crippen LogP contribution in [0.3, 0.4) is 0 Å². The Kier molecular flexibility index (Phi) is 4.48. The molecule has 8 nitrogen and oxygen atoms in total. The third kappa shape index (κ3) is 3.35. The van der Waals surface area contributed by atoms with Crippen molar-refractivity contribution in [3.63, 3.8) is 0 Å². The quantitative estimate of drug-likeness (QED) is 0.802. The molecule has 2 aliphatic heterocycles. The average Bonchev–Trinajstić information content (AvgIpc) is 3.10. The molecule has 1 spiro atoms. The van der Waals surface area contributed by atoms with Crippen molar-refractivity contribution in [1.82, 2.24) is 19.2 Å². The lowest BCUT2D eigenvalue weighted by Gasteiger charge is -2.22. The summed E-state index contributed by atoms with van der Waals surface area (Å²) in [5.74, 6) is 0.480. The summed E-state index contributed by atoms with van der Waals surface area (Å²) in [4.78, 5) is 28.8. The van der Waals surface area contributed by atoms with E-state index in [0.717, 1.165) is 6.42 Å². The van der Waals surface area contributed by atoms with Gasteiger partial charge in [-0.05, 0) is 18.8 Å². The van der Waals surface area contributed by atoms with Crippen molar-refractivity contribution in [2.45, 2.75) is 38.6 Å². The Labute approximate surface area is 147 Å². The number of fused-ring (bicyclic) bond motifs is 2.